The van der Waals surface area contributed by atoms with E-state index in [2.05, 4.69) is 15.0 Å². The maximum atomic E-state index is 10.7. The molecule has 0 amide bonds. The summed E-state index contributed by atoms with van der Waals surface area (Å²) in [7, 11) is 0. The zero-order valence-electron chi connectivity index (χ0n) is 11.1. The van der Waals surface area contributed by atoms with Gasteiger partial charge in [0.15, 0.2) is 17.6 Å². The maximum Gasteiger partial charge on any atom is 0.286 e. The predicted molar refractivity (Wildman–Crippen MR) is 75.2 cm³/mol. The SMILES string of the molecule is CSC[C@H]1O[C@@](O)(n2cnc3c(N)ncnc32)[C@H](O)[C@@H]1O. The van der Waals surface area contributed by atoms with E-state index >= 15 is 0 Å². The van der Waals surface area contributed by atoms with Gasteiger partial charge >= 0.3 is 0 Å². The Labute approximate surface area is 123 Å². The van der Waals surface area contributed by atoms with E-state index in [1.807, 2.05) is 6.26 Å². The summed E-state index contributed by atoms with van der Waals surface area (Å²) in [4.78, 5) is 11.8. The molecule has 0 aliphatic carbocycles. The summed E-state index contributed by atoms with van der Waals surface area (Å²) in [5.41, 5.74) is 6.17. The third-order valence-corrected chi connectivity index (χ3v) is 4.11. The molecule has 9 nitrogen and oxygen atoms in total. The molecule has 4 atom stereocenters. The minimum absolute atomic E-state index is 0.149. The number of hydrogen-bond donors (Lipinski definition) is 4. The second-order valence-electron chi connectivity index (χ2n) is 4.75. The van der Waals surface area contributed by atoms with Gasteiger partial charge in [-0.05, 0) is 6.26 Å². The summed E-state index contributed by atoms with van der Waals surface area (Å²) >= 11 is 1.43. The van der Waals surface area contributed by atoms with Gasteiger partial charge in [0.2, 0.25) is 0 Å². The molecule has 5 N–H and O–H groups in total. The first-order valence-corrected chi connectivity index (χ1v) is 7.57. The van der Waals surface area contributed by atoms with Crippen LogP contribution < -0.4 is 5.73 Å². The molecular weight excluding hydrogens is 298 g/mol. The Morgan fingerprint density at radius 3 is 2.90 bits per heavy atom. The van der Waals surface area contributed by atoms with Gasteiger partial charge in [0.25, 0.3) is 5.91 Å². The van der Waals surface area contributed by atoms with Crippen LogP contribution in [0.2, 0.25) is 0 Å². The summed E-state index contributed by atoms with van der Waals surface area (Å²) in [6, 6.07) is 0. The number of nitrogen functional groups attached to an aromatic ring is 1. The number of imidazole rings is 1. The highest BCUT2D eigenvalue weighted by Crippen LogP contribution is 2.36. The van der Waals surface area contributed by atoms with Gasteiger partial charge in [-0.1, -0.05) is 0 Å². The number of aromatic nitrogens is 4. The van der Waals surface area contributed by atoms with Crippen LogP contribution in [0.25, 0.3) is 11.2 Å². The monoisotopic (exact) mass is 313 g/mol. The van der Waals surface area contributed by atoms with Crippen LogP contribution in [-0.4, -0.2) is 65.2 Å². The largest absolute Gasteiger partial charge is 0.387 e. The molecular formula is C11H15N5O4S. The molecule has 3 heterocycles. The maximum absolute atomic E-state index is 10.7. The first-order valence-electron chi connectivity index (χ1n) is 6.18. The Bertz CT molecular complexity index is 667. The summed E-state index contributed by atoms with van der Waals surface area (Å²) < 4.78 is 6.61. The van der Waals surface area contributed by atoms with Gasteiger partial charge in [0, 0.05) is 5.75 Å². The van der Waals surface area contributed by atoms with Crippen LogP contribution >= 0.6 is 11.8 Å². The molecule has 0 unspecified atom stereocenters. The van der Waals surface area contributed by atoms with E-state index in [4.69, 9.17) is 10.5 Å². The number of aliphatic hydroxyl groups excluding tert-OH is 2. The van der Waals surface area contributed by atoms with Crippen molar-refractivity contribution in [2.75, 3.05) is 17.7 Å². The molecule has 2 aromatic rings. The molecule has 0 radical (unpaired) electrons. The highest BCUT2D eigenvalue weighted by atomic mass is 32.2. The molecule has 0 saturated carbocycles. The molecule has 0 spiro atoms. The lowest BCUT2D eigenvalue weighted by molar-refractivity contribution is -0.282. The fourth-order valence-electron chi connectivity index (χ4n) is 2.37. The fourth-order valence-corrected chi connectivity index (χ4v) is 2.97. The van der Waals surface area contributed by atoms with Crippen molar-refractivity contribution in [3.8, 4) is 0 Å². The standard InChI is InChI=1S/C11H15N5O4S/c1-21-2-5-7(17)8(18)11(19,20-5)16-4-15-6-9(12)13-3-14-10(6)16/h3-5,7-8,17-19H,2H2,1H3,(H2,12,13,14)/t5-,7-,8-,11-/m1/s1. The van der Waals surface area contributed by atoms with Crippen molar-refractivity contribution in [1.82, 2.24) is 19.5 Å². The molecule has 0 aromatic carbocycles. The number of anilines is 1. The molecule has 1 saturated heterocycles. The van der Waals surface area contributed by atoms with E-state index < -0.39 is 24.2 Å². The number of nitrogens with two attached hydrogens (primary N) is 1. The highest BCUT2D eigenvalue weighted by Gasteiger charge is 2.55. The number of rotatable bonds is 3. The van der Waals surface area contributed by atoms with Gasteiger partial charge in [0.1, 0.15) is 30.4 Å². The first kappa shape index (κ1) is 14.5. The lowest BCUT2D eigenvalue weighted by Crippen LogP contribution is -2.45. The minimum Gasteiger partial charge on any atom is -0.387 e. The molecule has 1 fully saturated rings. The van der Waals surface area contributed by atoms with Crippen LogP contribution in [-0.2, 0) is 10.6 Å². The van der Waals surface area contributed by atoms with Crippen LogP contribution in [0.4, 0.5) is 5.82 Å². The van der Waals surface area contributed by atoms with Crippen molar-refractivity contribution in [2.45, 2.75) is 24.2 Å². The third-order valence-electron chi connectivity index (χ3n) is 3.45. The number of hydrogen-bond acceptors (Lipinski definition) is 9. The molecule has 3 rings (SSSR count). The lowest BCUT2D eigenvalue weighted by atomic mass is 10.1. The Morgan fingerprint density at radius 1 is 1.43 bits per heavy atom. The van der Waals surface area contributed by atoms with Gasteiger partial charge in [0.05, 0.1) is 0 Å². The number of thioether (sulfide) groups is 1. The van der Waals surface area contributed by atoms with E-state index in [1.165, 1.54) is 24.4 Å². The van der Waals surface area contributed by atoms with Crippen LogP contribution in [0.3, 0.4) is 0 Å². The number of ether oxygens (including phenoxy) is 1. The highest BCUT2D eigenvalue weighted by molar-refractivity contribution is 7.98. The zero-order chi connectivity index (χ0) is 15.2. The summed E-state index contributed by atoms with van der Waals surface area (Å²) in [6.07, 6.45) is 0.822. The van der Waals surface area contributed by atoms with E-state index in [0.29, 0.717) is 5.75 Å². The third kappa shape index (κ3) is 2.07. The van der Waals surface area contributed by atoms with E-state index in [1.54, 1.807) is 0 Å². The molecule has 1 aliphatic rings. The van der Waals surface area contributed by atoms with Crippen molar-refractivity contribution in [2.24, 2.45) is 0 Å². The smallest absolute Gasteiger partial charge is 0.286 e. The average Bonchev–Trinajstić information content (AvgIpc) is 2.98. The number of nitrogens with zero attached hydrogens (tertiary/aromatic N) is 4. The molecule has 2 aromatic heterocycles. The Kier molecular flexibility index (Phi) is 3.50. The van der Waals surface area contributed by atoms with Crippen molar-refractivity contribution >= 4 is 28.7 Å². The van der Waals surface area contributed by atoms with Crippen LogP contribution in [0.15, 0.2) is 12.7 Å². The van der Waals surface area contributed by atoms with E-state index in [-0.39, 0.29) is 17.0 Å². The van der Waals surface area contributed by atoms with Crippen molar-refractivity contribution in [3.63, 3.8) is 0 Å². The Balaban J connectivity index is 2.07. The van der Waals surface area contributed by atoms with E-state index in [0.717, 1.165) is 4.57 Å². The van der Waals surface area contributed by atoms with Crippen LogP contribution in [0.5, 0.6) is 0 Å². The number of fused-ring (bicyclic) bond motifs is 1. The van der Waals surface area contributed by atoms with E-state index in [9.17, 15) is 15.3 Å². The van der Waals surface area contributed by atoms with Gasteiger partial charge < -0.3 is 25.8 Å². The quantitative estimate of drug-likeness (QED) is 0.532. The summed E-state index contributed by atoms with van der Waals surface area (Å²) in [5.74, 6) is -1.59. The predicted octanol–water partition coefficient (Wildman–Crippen LogP) is -1.51. The normalized spacial score (nSPS) is 32.9. The van der Waals surface area contributed by atoms with Gasteiger partial charge in [-0.15, -0.1) is 0 Å². The van der Waals surface area contributed by atoms with Crippen molar-refractivity contribution in [1.29, 1.82) is 0 Å². The second kappa shape index (κ2) is 5.07. The molecule has 10 heteroatoms. The second-order valence-corrected chi connectivity index (χ2v) is 5.66. The van der Waals surface area contributed by atoms with Crippen LogP contribution in [0, 0.1) is 0 Å². The molecule has 1 aliphatic heterocycles. The fraction of sp³-hybridized carbons (Fsp3) is 0.545. The number of aliphatic hydroxyl groups is 3. The zero-order valence-corrected chi connectivity index (χ0v) is 11.9. The van der Waals surface area contributed by atoms with Gasteiger partial charge in [-0.3, -0.25) is 4.57 Å². The van der Waals surface area contributed by atoms with Gasteiger partial charge in [-0.25, -0.2) is 15.0 Å². The summed E-state index contributed by atoms with van der Waals surface area (Å²) in [6.45, 7) is 0. The van der Waals surface area contributed by atoms with Gasteiger partial charge in [-0.2, -0.15) is 11.8 Å². The van der Waals surface area contributed by atoms with Crippen molar-refractivity contribution < 1.29 is 20.1 Å². The Hall–Kier alpha value is -1.46. The van der Waals surface area contributed by atoms with Crippen LogP contribution in [0.1, 0.15) is 0 Å². The average molecular weight is 313 g/mol. The lowest BCUT2D eigenvalue weighted by Gasteiger charge is -2.27. The molecule has 21 heavy (non-hydrogen) atoms. The molecule has 114 valence electrons. The topological polar surface area (TPSA) is 140 Å². The molecule has 0 bridgehead atoms. The first-order chi connectivity index (χ1) is 9.99. The van der Waals surface area contributed by atoms with Crippen molar-refractivity contribution in [3.05, 3.63) is 12.7 Å². The minimum atomic E-state index is -2.16. The Morgan fingerprint density at radius 2 is 2.19 bits per heavy atom. The summed E-state index contributed by atoms with van der Waals surface area (Å²) in [5, 5.41) is 30.8.